The summed E-state index contributed by atoms with van der Waals surface area (Å²) in [5, 5.41) is 3.99. The average molecular weight is 400 g/mol. The highest BCUT2D eigenvalue weighted by Crippen LogP contribution is 2.42. The standard InChI is InChI=1S/C22H29FN4O2/c1-22(2,3)29-21(28)27-9-7-26(8-10-27)15-11-16-19(24-4)13-18(14-5-6-14)25-20(16)17(23)12-15/h11-14H,5-10H2,1-4H3,(H,24,25). The van der Waals surface area contributed by atoms with Crippen molar-refractivity contribution in [3.8, 4) is 0 Å². The summed E-state index contributed by atoms with van der Waals surface area (Å²) in [4.78, 5) is 20.7. The molecule has 1 aromatic heterocycles. The Labute approximate surface area is 171 Å². The predicted molar refractivity (Wildman–Crippen MR) is 113 cm³/mol. The minimum absolute atomic E-state index is 0.295. The zero-order valence-electron chi connectivity index (χ0n) is 17.6. The van der Waals surface area contributed by atoms with E-state index < -0.39 is 5.60 Å². The molecule has 4 rings (SSSR count). The second kappa shape index (κ2) is 7.35. The summed E-state index contributed by atoms with van der Waals surface area (Å²) in [6.07, 6.45) is 1.96. The largest absolute Gasteiger partial charge is 0.444 e. The van der Waals surface area contributed by atoms with Gasteiger partial charge in [-0.3, -0.25) is 0 Å². The Morgan fingerprint density at radius 2 is 1.86 bits per heavy atom. The first-order chi connectivity index (χ1) is 13.7. The molecule has 1 amide bonds. The number of carbonyl (C=O) groups excluding carboxylic acids is 1. The number of ether oxygens (including phenoxy) is 1. The number of carbonyl (C=O) groups is 1. The minimum atomic E-state index is -0.508. The van der Waals surface area contributed by atoms with Gasteiger partial charge in [0.2, 0.25) is 0 Å². The van der Waals surface area contributed by atoms with Gasteiger partial charge in [-0.15, -0.1) is 0 Å². The second-order valence-electron chi connectivity index (χ2n) is 8.90. The number of hydrogen-bond donors (Lipinski definition) is 1. The molecule has 6 nitrogen and oxygen atoms in total. The number of fused-ring (bicyclic) bond motifs is 1. The fourth-order valence-corrected chi connectivity index (χ4v) is 3.74. The summed E-state index contributed by atoms with van der Waals surface area (Å²) in [6, 6.07) is 5.61. The van der Waals surface area contributed by atoms with Gasteiger partial charge < -0.3 is 19.9 Å². The molecule has 0 unspecified atom stereocenters. The van der Waals surface area contributed by atoms with Gasteiger partial charge in [-0.1, -0.05) is 0 Å². The Morgan fingerprint density at radius 1 is 1.17 bits per heavy atom. The molecule has 1 aliphatic heterocycles. The maximum atomic E-state index is 15.0. The first kappa shape index (κ1) is 19.7. The van der Waals surface area contributed by atoms with Crippen LogP contribution in [0.25, 0.3) is 10.9 Å². The fraction of sp³-hybridized carbons (Fsp3) is 0.545. The second-order valence-corrected chi connectivity index (χ2v) is 8.90. The van der Waals surface area contributed by atoms with Crippen molar-refractivity contribution in [2.24, 2.45) is 0 Å². The summed E-state index contributed by atoms with van der Waals surface area (Å²) in [7, 11) is 1.86. The molecule has 0 spiro atoms. The van der Waals surface area contributed by atoms with Crippen LogP contribution in [-0.2, 0) is 4.74 Å². The van der Waals surface area contributed by atoms with Crippen molar-refractivity contribution in [2.75, 3.05) is 43.4 Å². The van der Waals surface area contributed by atoms with E-state index in [9.17, 15) is 9.18 Å². The number of anilines is 2. The zero-order valence-corrected chi connectivity index (χ0v) is 17.6. The van der Waals surface area contributed by atoms with Gasteiger partial charge >= 0.3 is 6.09 Å². The van der Waals surface area contributed by atoms with Crippen LogP contribution < -0.4 is 10.2 Å². The maximum Gasteiger partial charge on any atom is 0.410 e. The third-order valence-corrected chi connectivity index (χ3v) is 5.43. The number of nitrogens with zero attached hydrogens (tertiary/aromatic N) is 3. The van der Waals surface area contributed by atoms with Crippen LogP contribution >= 0.6 is 0 Å². The molecule has 1 aromatic carbocycles. The van der Waals surface area contributed by atoms with Crippen LogP contribution in [0.5, 0.6) is 0 Å². The quantitative estimate of drug-likeness (QED) is 0.830. The number of aromatic nitrogens is 1. The molecule has 2 aromatic rings. The molecule has 2 fully saturated rings. The Bertz CT molecular complexity index is 929. The number of piperazine rings is 1. The molecule has 1 saturated carbocycles. The van der Waals surface area contributed by atoms with Gasteiger partial charge in [0, 0.05) is 61.6 Å². The van der Waals surface area contributed by atoms with Crippen molar-refractivity contribution in [1.82, 2.24) is 9.88 Å². The summed E-state index contributed by atoms with van der Waals surface area (Å²) >= 11 is 0. The molecule has 2 aliphatic rings. The van der Waals surface area contributed by atoms with Gasteiger partial charge in [0.25, 0.3) is 0 Å². The van der Waals surface area contributed by atoms with Gasteiger partial charge in [0.1, 0.15) is 11.1 Å². The third kappa shape index (κ3) is 4.23. The van der Waals surface area contributed by atoms with Crippen LogP contribution in [0.3, 0.4) is 0 Å². The van der Waals surface area contributed by atoms with E-state index in [0.717, 1.165) is 35.3 Å². The number of pyridine rings is 1. The SMILES string of the molecule is CNc1cc(C2CC2)nc2c(F)cc(N3CCN(C(=O)OC(C)(C)C)CC3)cc12. The number of halogens is 1. The molecular formula is C22H29FN4O2. The highest BCUT2D eigenvalue weighted by molar-refractivity contribution is 5.94. The van der Waals surface area contributed by atoms with Gasteiger partial charge in [0.15, 0.2) is 5.82 Å². The molecule has 1 aliphatic carbocycles. The summed E-state index contributed by atoms with van der Waals surface area (Å²) < 4.78 is 20.4. The Hall–Kier alpha value is -2.57. The van der Waals surface area contributed by atoms with E-state index in [-0.39, 0.29) is 11.9 Å². The zero-order chi connectivity index (χ0) is 20.8. The number of nitrogens with one attached hydrogen (secondary N) is 1. The van der Waals surface area contributed by atoms with Crippen molar-refractivity contribution in [3.05, 3.63) is 29.7 Å². The molecule has 1 saturated heterocycles. The maximum absolute atomic E-state index is 15.0. The van der Waals surface area contributed by atoms with Crippen LogP contribution in [0.1, 0.15) is 45.2 Å². The van der Waals surface area contributed by atoms with E-state index in [2.05, 4.69) is 15.2 Å². The van der Waals surface area contributed by atoms with E-state index in [4.69, 9.17) is 4.74 Å². The molecular weight excluding hydrogens is 371 g/mol. The number of rotatable bonds is 3. The fourth-order valence-electron chi connectivity index (χ4n) is 3.74. The van der Waals surface area contributed by atoms with E-state index >= 15 is 0 Å². The van der Waals surface area contributed by atoms with E-state index in [1.165, 1.54) is 0 Å². The lowest BCUT2D eigenvalue weighted by Crippen LogP contribution is -2.50. The van der Waals surface area contributed by atoms with Gasteiger partial charge in [-0.05, 0) is 51.8 Å². The van der Waals surface area contributed by atoms with Crippen LogP contribution in [-0.4, -0.2) is 54.8 Å². The van der Waals surface area contributed by atoms with Crippen molar-refractivity contribution in [1.29, 1.82) is 0 Å². The molecule has 0 radical (unpaired) electrons. The molecule has 0 atom stereocenters. The molecule has 7 heteroatoms. The summed E-state index contributed by atoms with van der Waals surface area (Å²) in [5.74, 6) is 0.164. The molecule has 156 valence electrons. The number of benzene rings is 1. The van der Waals surface area contributed by atoms with Crippen molar-refractivity contribution < 1.29 is 13.9 Å². The van der Waals surface area contributed by atoms with E-state index in [1.807, 2.05) is 40.0 Å². The highest BCUT2D eigenvalue weighted by Gasteiger charge is 2.28. The topological polar surface area (TPSA) is 57.7 Å². The monoisotopic (exact) mass is 400 g/mol. The van der Waals surface area contributed by atoms with E-state index in [0.29, 0.717) is 37.6 Å². The van der Waals surface area contributed by atoms with Crippen LogP contribution in [0.4, 0.5) is 20.6 Å². The molecule has 1 N–H and O–H groups in total. The minimum Gasteiger partial charge on any atom is -0.444 e. The molecule has 29 heavy (non-hydrogen) atoms. The van der Waals surface area contributed by atoms with Crippen LogP contribution in [0.2, 0.25) is 0 Å². The lowest BCUT2D eigenvalue weighted by atomic mass is 10.1. The van der Waals surface area contributed by atoms with Gasteiger partial charge in [-0.25, -0.2) is 14.2 Å². The highest BCUT2D eigenvalue weighted by atomic mass is 19.1. The van der Waals surface area contributed by atoms with Crippen molar-refractivity contribution >= 4 is 28.4 Å². The Balaban J connectivity index is 1.54. The molecule has 2 heterocycles. The normalized spacial score (nSPS) is 17.6. The first-order valence-corrected chi connectivity index (χ1v) is 10.3. The lowest BCUT2D eigenvalue weighted by Gasteiger charge is -2.36. The summed E-state index contributed by atoms with van der Waals surface area (Å²) in [5.41, 5.74) is 2.61. The number of hydrogen-bond acceptors (Lipinski definition) is 5. The Kier molecular flexibility index (Phi) is 5.00. The van der Waals surface area contributed by atoms with Crippen molar-refractivity contribution in [3.63, 3.8) is 0 Å². The van der Waals surface area contributed by atoms with Crippen LogP contribution in [0.15, 0.2) is 18.2 Å². The first-order valence-electron chi connectivity index (χ1n) is 10.3. The molecule has 0 bridgehead atoms. The lowest BCUT2D eigenvalue weighted by molar-refractivity contribution is 0.0240. The van der Waals surface area contributed by atoms with Crippen LogP contribution in [0, 0.1) is 5.82 Å². The third-order valence-electron chi connectivity index (χ3n) is 5.43. The van der Waals surface area contributed by atoms with Gasteiger partial charge in [-0.2, -0.15) is 0 Å². The van der Waals surface area contributed by atoms with E-state index in [1.54, 1.807) is 11.0 Å². The smallest absolute Gasteiger partial charge is 0.410 e. The predicted octanol–water partition coefficient (Wildman–Crippen LogP) is 4.35. The number of amides is 1. The van der Waals surface area contributed by atoms with Crippen molar-refractivity contribution in [2.45, 2.75) is 45.1 Å². The average Bonchev–Trinajstić information content (AvgIpc) is 3.51. The Morgan fingerprint density at radius 3 is 2.45 bits per heavy atom. The van der Waals surface area contributed by atoms with Gasteiger partial charge in [0.05, 0.1) is 0 Å². The summed E-state index contributed by atoms with van der Waals surface area (Å²) in [6.45, 7) is 7.95.